The lowest BCUT2D eigenvalue weighted by molar-refractivity contribution is -0.0205. The maximum Gasteiger partial charge on any atom is 0.407 e. The lowest BCUT2D eigenvalue weighted by Gasteiger charge is -2.34. The quantitative estimate of drug-likeness (QED) is 0.471. The number of hydrogen-bond acceptors (Lipinski definition) is 7. The van der Waals surface area contributed by atoms with E-state index in [0.29, 0.717) is 13.0 Å². The van der Waals surface area contributed by atoms with E-state index < -0.39 is 22.2 Å². The molecular weight excluding hydrogens is 402 g/mol. The van der Waals surface area contributed by atoms with Crippen molar-refractivity contribution in [3.8, 4) is 5.75 Å². The fourth-order valence-corrected chi connectivity index (χ4v) is 4.40. The van der Waals surface area contributed by atoms with E-state index in [-0.39, 0.29) is 35.4 Å². The number of aliphatic hydroxyl groups excluding tert-OH is 1. The van der Waals surface area contributed by atoms with E-state index in [1.54, 1.807) is 0 Å². The molecule has 1 spiro atoms. The van der Waals surface area contributed by atoms with E-state index >= 15 is 0 Å². The van der Waals surface area contributed by atoms with Crippen molar-refractivity contribution < 1.29 is 32.9 Å². The number of ether oxygens (including phenoxy) is 2. The monoisotopic (exact) mass is 429 g/mol. The lowest BCUT2D eigenvalue weighted by Crippen LogP contribution is -2.47. The van der Waals surface area contributed by atoms with Crippen LogP contribution in [0.2, 0.25) is 0 Å². The van der Waals surface area contributed by atoms with Crippen molar-refractivity contribution in [1.29, 1.82) is 0 Å². The van der Waals surface area contributed by atoms with Crippen molar-refractivity contribution in [3.05, 3.63) is 24.3 Å². The van der Waals surface area contributed by atoms with Crippen LogP contribution < -0.4 is 15.2 Å². The topological polar surface area (TPSA) is 151 Å². The molecule has 11 heteroatoms. The molecule has 29 heavy (non-hydrogen) atoms. The number of aliphatic hydroxyl groups is 1. The van der Waals surface area contributed by atoms with Crippen LogP contribution in [-0.2, 0) is 14.8 Å². The first kappa shape index (κ1) is 21.8. The molecule has 0 bridgehead atoms. The molecule has 2 aliphatic heterocycles. The molecule has 1 aromatic carbocycles. The number of hydrogen-bond donors (Lipinski definition) is 4. The van der Waals surface area contributed by atoms with Crippen molar-refractivity contribution in [3.63, 3.8) is 0 Å². The van der Waals surface area contributed by atoms with Crippen LogP contribution in [0.5, 0.6) is 5.75 Å². The fraction of sp³-hybridized carbons (Fsp3) is 0.611. The Morgan fingerprint density at radius 3 is 2.79 bits per heavy atom. The summed E-state index contributed by atoms with van der Waals surface area (Å²) in [6.45, 7) is 1.66. The highest BCUT2D eigenvalue weighted by atomic mass is 32.2. The van der Waals surface area contributed by atoms with Gasteiger partial charge >= 0.3 is 6.09 Å². The summed E-state index contributed by atoms with van der Waals surface area (Å²) in [5.74, 6) is 0.218. The molecular formula is C18H27N3O7S. The summed E-state index contributed by atoms with van der Waals surface area (Å²) in [6, 6.07) is 5.26. The number of rotatable bonds is 7. The highest BCUT2D eigenvalue weighted by molar-refractivity contribution is 7.89. The van der Waals surface area contributed by atoms with Crippen molar-refractivity contribution in [2.24, 2.45) is 5.14 Å². The maximum atomic E-state index is 11.7. The van der Waals surface area contributed by atoms with Gasteiger partial charge in [-0.1, -0.05) is 6.07 Å². The van der Waals surface area contributed by atoms with Crippen LogP contribution in [0.25, 0.3) is 0 Å². The molecule has 162 valence electrons. The van der Waals surface area contributed by atoms with Gasteiger partial charge in [-0.3, -0.25) is 0 Å². The summed E-state index contributed by atoms with van der Waals surface area (Å²) in [6.07, 6.45) is 0.0606. The Labute approximate surface area is 169 Å². The standard InChI is InChI=1S/C18H27N3O7S/c19-29(25,26)16-3-1-2-15(8-16)27-12-14(22)10-21(17(23)24)13-9-18(28-11-13)4-6-20-7-5-18/h1-3,8,13-14,20,22H,4-7,9-12H2,(H,23,24)(H2,19,25,26)/t13-,14+/m1/s1. The summed E-state index contributed by atoms with van der Waals surface area (Å²) in [5, 5.41) is 28.3. The normalized spacial score (nSPS) is 22.3. The molecule has 1 amide bonds. The van der Waals surface area contributed by atoms with Gasteiger partial charge < -0.3 is 29.9 Å². The number of benzene rings is 1. The van der Waals surface area contributed by atoms with Crippen molar-refractivity contribution >= 4 is 16.1 Å². The van der Waals surface area contributed by atoms with Crippen LogP contribution in [0.4, 0.5) is 4.79 Å². The number of nitrogens with one attached hydrogen (secondary N) is 1. The second-order valence-electron chi connectivity index (χ2n) is 7.52. The van der Waals surface area contributed by atoms with Gasteiger partial charge in [0.25, 0.3) is 0 Å². The molecule has 1 aromatic rings. The smallest absolute Gasteiger partial charge is 0.407 e. The average Bonchev–Trinajstić information content (AvgIpc) is 3.07. The first-order valence-corrected chi connectivity index (χ1v) is 11.0. The minimum Gasteiger partial charge on any atom is -0.491 e. The molecule has 10 nitrogen and oxygen atoms in total. The van der Waals surface area contributed by atoms with Gasteiger partial charge in [0.1, 0.15) is 18.5 Å². The first-order valence-electron chi connectivity index (χ1n) is 9.46. The number of sulfonamides is 1. The molecule has 2 heterocycles. The summed E-state index contributed by atoms with van der Waals surface area (Å²) in [4.78, 5) is 12.8. The van der Waals surface area contributed by atoms with Gasteiger partial charge in [-0.15, -0.1) is 0 Å². The predicted octanol–water partition coefficient (Wildman–Crippen LogP) is -0.0352. The third-order valence-electron chi connectivity index (χ3n) is 5.37. The summed E-state index contributed by atoms with van der Waals surface area (Å²) >= 11 is 0. The summed E-state index contributed by atoms with van der Waals surface area (Å²) < 4.78 is 34.2. The third kappa shape index (κ3) is 5.58. The average molecular weight is 429 g/mol. The number of carbonyl (C=O) groups is 1. The van der Waals surface area contributed by atoms with E-state index in [9.17, 15) is 23.4 Å². The van der Waals surface area contributed by atoms with Crippen LogP contribution in [0, 0.1) is 0 Å². The number of primary sulfonamides is 1. The molecule has 0 unspecified atom stereocenters. The zero-order chi connectivity index (χ0) is 21.1. The van der Waals surface area contributed by atoms with Crippen LogP contribution in [0.3, 0.4) is 0 Å². The second kappa shape index (κ2) is 8.84. The molecule has 2 saturated heterocycles. The highest BCUT2D eigenvalue weighted by Crippen LogP contribution is 2.36. The largest absolute Gasteiger partial charge is 0.491 e. The zero-order valence-corrected chi connectivity index (χ0v) is 16.8. The minimum atomic E-state index is -3.87. The third-order valence-corrected chi connectivity index (χ3v) is 6.29. The van der Waals surface area contributed by atoms with Gasteiger partial charge in [0.2, 0.25) is 10.0 Å². The van der Waals surface area contributed by atoms with Crippen molar-refractivity contribution in [2.75, 3.05) is 32.8 Å². The van der Waals surface area contributed by atoms with E-state index in [1.807, 2.05) is 0 Å². The van der Waals surface area contributed by atoms with Crippen LogP contribution in [0.15, 0.2) is 29.2 Å². The highest BCUT2D eigenvalue weighted by Gasteiger charge is 2.44. The van der Waals surface area contributed by atoms with Gasteiger partial charge in [-0.05, 0) is 44.5 Å². The van der Waals surface area contributed by atoms with Gasteiger partial charge in [0.15, 0.2) is 0 Å². The minimum absolute atomic E-state index is 0.105. The SMILES string of the molecule is NS(=O)(=O)c1cccc(OC[C@@H](O)CN(C(=O)O)[C@H]2COC3(CCNCC3)C2)c1. The van der Waals surface area contributed by atoms with Gasteiger partial charge in [-0.25, -0.2) is 18.4 Å². The number of carboxylic acid groups (broad SMARTS) is 1. The van der Waals surface area contributed by atoms with Gasteiger partial charge in [-0.2, -0.15) is 0 Å². The molecule has 2 aliphatic rings. The summed E-state index contributed by atoms with van der Waals surface area (Å²) in [5.41, 5.74) is -0.292. The fourth-order valence-electron chi connectivity index (χ4n) is 3.85. The number of nitrogens with two attached hydrogens (primary N) is 1. The molecule has 5 N–H and O–H groups in total. The predicted molar refractivity (Wildman–Crippen MR) is 103 cm³/mol. The van der Waals surface area contributed by atoms with Crippen molar-refractivity contribution in [2.45, 2.75) is 41.9 Å². The molecule has 3 rings (SSSR count). The molecule has 2 atom stereocenters. The number of amides is 1. The van der Waals surface area contributed by atoms with Crippen LogP contribution >= 0.6 is 0 Å². The molecule has 0 radical (unpaired) electrons. The van der Waals surface area contributed by atoms with E-state index in [2.05, 4.69) is 5.32 Å². The Balaban J connectivity index is 1.56. The molecule has 0 aromatic heterocycles. The Morgan fingerprint density at radius 1 is 1.41 bits per heavy atom. The van der Waals surface area contributed by atoms with Crippen LogP contribution in [-0.4, -0.2) is 80.2 Å². The number of nitrogens with zero attached hydrogens (tertiary/aromatic N) is 1. The Bertz CT molecular complexity index is 826. The Morgan fingerprint density at radius 2 is 2.14 bits per heavy atom. The lowest BCUT2D eigenvalue weighted by atomic mass is 9.88. The second-order valence-corrected chi connectivity index (χ2v) is 9.08. The van der Waals surface area contributed by atoms with E-state index in [1.165, 1.54) is 29.2 Å². The van der Waals surface area contributed by atoms with E-state index in [0.717, 1.165) is 25.9 Å². The summed E-state index contributed by atoms with van der Waals surface area (Å²) in [7, 11) is -3.87. The Kier molecular flexibility index (Phi) is 6.64. The van der Waals surface area contributed by atoms with Gasteiger partial charge in [0.05, 0.1) is 29.7 Å². The Hall–Kier alpha value is -1.92. The first-order chi connectivity index (χ1) is 13.7. The van der Waals surface area contributed by atoms with E-state index in [4.69, 9.17) is 14.6 Å². The van der Waals surface area contributed by atoms with Crippen molar-refractivity contribution in [1.82, 2.24) is 10.2 Å². The molecule has 0 aliphatic carbocycles. The maximum absolute atomic E-state index is 11.7. The molecule has 2 fully saturated rings. The molecule has 0 saturated carbocycles. The van der Waals surface area contributed by atoms with Crippen LogP contribution in [0.1, 0.15) is 19.3 Å². The van der Waals surface area contributed by atoms with Gasteiger partial charge in [0, 0.05) is 6.07 Å². The zero-order valence-electron chi connectivity index (χ0n) is 16.0. The number of piperidine rings is 1.